The molecule has 1 aromatic rings. The summed E-state index contributed by atoms with van der Waals surface area (Å²) in [6.45, 7) is 0. The molecule has 1 fully saturated rings. The van der Waals surface area contributed by atoms with Crippen molar-refractivity contribution in [1.82, 2.24) is 0 Å². The zero-order valence-electron chi connectivity index (χ0n) is 9.27. The van der Waals surface area contributed by atoms with Crippen LogP contribution in [0.1, 0.15) is 0 Å². The molecule has 2 unspecified atom stereocenters. The van der Waals surface area contributed by atoms with Crippen molar-refractivity contribution < 1.29 is 21.9 Å². The van der Waals surface area contributed by atoms with Crippen LogP contribution in [0.3, 0.4) is 0 Å². The molecule has 0 aliphatic carbocycles. The molecule has 1 heterocycles. The first-order valence-corrected chi connectivity index (χ1v) is 6.98. The van der Waals surface area contributed by atoms with Crippen molar-refractivity contribution in [2.24, 2.45) is 5.73 Å². The molecule has 1 saturated heterocycles. The maximum Gasteiger partial charge on any atom is 0.202 e. The van der Waals surface area contributed by atoms with Crippen LogP contribution in [0.5, 0.6) is 5.75 Å². The Morgan fingerprint density at radius 2 is 1.94 bits per heavy atom. The average molecular weight is 278 g/mol. The zero-order valence-corrected chi connectivity index (χ0v) is 10.1. The van der Waals surface area contributed by atoms with Gasteiger partial charge < -0.3 is 16.2 Å². The molecule has 4 N–H and O–H groups in total. The van der Waals surface area contributed by atoms with Gasteiger partial charge in [-0.05, 0) is 12.1 Å². The van der Waals surface area contributed by atoms with Gasteiger partial charge in [-0.1, -0.05) is 0 Å². The predicted molar refractivity (Wildman–Crippen MR) is 61.8 cm³/mol. The molecule has 8 heteroatoms. The topological polar surface area (TPSA) is 95.4 Å². The molecule has 0 spiro atoms. The van der Waals surface area contributed by atoms with E-state index in [1.54, 1.807) is 0 Å². The van der Waals surface area contributed by atoms with Gasteiger partial charge >= 0.3 is 0 Å². The van der Waals surface area contributed by atoms with Gasteiger partial charge in [-0.3, -0.25) is 0 Å². The van der Waals surface area contributed by atoms with Crippen LogP contribution in [-0.4, -0.2) is 32.1 Å². The molecule has 18 heavy (non-hydrogen) atoms. The van der Waals surface area contributed by atoms with Crippen molar-refractivity contribution in [2.45, 2.75) is 12.1 Å². The van der Waals surface area contributed by atoms with Gasteiger partial charge in [0.1, 0.15) is 6.10 Å². The second-order valence-corrected chi connectivity index (χ2v) is 6.33. The highest BCUT2D eigenvalue weighted by molar-refractivity contribution is 7.91. The number of hydrogen-bond donors (Lipinski definition) is 2. The second kappa shape index (κ2) is 4.36. The van der Waals surface area contributed by atoms with E-state index in [2.05, 4.69) is 0 Å². The van der Waals surface area contributed by atoms with E-state index < -0.39 is 39.4 Å². The van der Waals surface area contributed by atoms with Gasteiger partial charge in [0, 0.05) is 0 Å². The Hall–Kier alpha value is -1.41. The van der Waals surface area contributed by atoms with E-state index in [0.29, 0.717) is 0 Å². The van der Waals surface area contributed by atoms with Crippen molar-refractivity contribution >= 4 is 15.5 Å². The minimum Gasteiger partial charge on any atom is -0.482 e. The Balaban J connectivity index is 2.28. The average Bonchev–Trinajstić information content (AvgIpc) is 2.52. The van der Waals surface area contributed by atoms with Crippen molar-refractivity contribution in [1.29, 1.82) is 0 Å². The Morgan fingerprint density at radius 1 is 1.28 bits per heavy atom. The molecule has 0 aromatic heterocycles. The fourth-order valence-electron chi connectivity index (χ4n) is 1.78. The first-order valence-electron chi connectivity index (χ1n) is 5.16. The highest BCUT2D eigenvalue weighted by Gasteiger charge is 2.37. The Kier molecular flexibility index (Phi) is 3.16. The van der Waals surface area contributed by atoms with E-state index in [1.807, 2.05) is 0 Å². The van der Waals surface area contributed by atoms with E-state index in [-0.39, 0.29) is 17.2 Å². The van der Waals surface area contributed by atoms with E-state index in [4.69, 9.17) is 16.2 Å². The maximum atomic E-state index is 13.5. The number of sulfone groups is 1. The summed E-state index contributed by atoms with van der Waals surface area (Å²) in [5.74, 6) is -3.43. The maximum absolute atomic E-state index is 13.5. The molecule has 0 bridgehead atoms. The summed E-state index contributed by atoms with van der Waals surface area (Å²) >= 11 is 0. The molecular formula is C10H12F2N2O3S. The molecule has 0 radical (unpaired) electrons. The normalized spacial score (nSPS) is 26.2. The smallest absolute Gasteiger partial charge is 0.202 e. The van der Waals surface area contributed by atoms with E-state index >= 15 is 0 Å². The Morgan fingerprint density at radius 3 is 2.50 bits per heavy atom. The van der Waals surface area contributed by atoms with Gasteiger partial charge in [0.15, 0.2) is 21.4 Å². The standard InChI is InChI=1S/C10H12F2N2O3S/c11-5-1-2-6(13)10(9(5)12)17-8-4-18(15,16)3-7(8)14/h1-2,7-8H,3-4,13-14H2. The molecule has 2 rings (SSSR count). The number of nitrogens with two attached hydrogens (primary N) is 2. The number of benzene rings is 1. The summed E-state index contributed by atoms with van der Waals surface area (Å²) < 4.78 is 54.2. The van der Waals surface area contributed by atoms with Gasteiger partial charge in [0.05, 0.1) is 23.2 Å². The number of anilines is 1. The van der Waals surface area contributed by atoms with Gasteiger partial charge in [-0.2, -0.15) is 4.39 Å². The van der Waals surface area contributed by atoms with E-state index in [9.17, 15) is 17.2 Å². The predicted octanol–water partition coefficient (Wildman–Crippen LogP) is 0.0501. The molecule has 0 saturated carbocycles. The minimum absolute atomic E-state index is 0.106. The third kappa shape index (κ3) is 2.39. The Bertz CT molecular complexity index is 577. The molecule has 0 amide bonds. The zero-order chi connectivity index (χ0) is 13.5. The number of hydrogen-bond acceptors (Lipinski definition) is 5. The summed E-state index contributed by atoms with van der Waals surface area (Å²) in [4.78, 5) is 0. The lowest BCUT2D eigenvalue weighted by Crippen LogP contribution is -2.37. The third-order valence-electron chi connectivity index (χ3n) is 2.69. The number of nitrogen functional groups attached to an aromatic ring is 1. The lowest BCUT2D eigenvalue weighted by Gasteiger charge is -2.18. The summed E-state index contributed by atoms with van der Waals surface area (Å²) in [5.41, 5.74) is 10.9. The fourth-order valence-corrected chi connectivity index (χ4v) is 3.53. The molecule has 1 aliphatic heterocycles. The van der Waals surface area contributed by atoms with Crippen molar-refractivity contribution in [3.05, 3.63) is 23.8 Å². The third-order valence-corrected chi connectivity index (χ3v) is 4.42. The van der Waals surface area contributed by atoms with Crippen LogP contribution in [0.2, 0.25) is 0 Å². The minimum atomic E-state index is -3.31. The van der Waals surface area contributed by atoms with Crippen molar-refractivity contribution in [3.8, 4) is 5.75 Å². The monoisotopic (exact) mass is 278 g/mol. The summed E-state index contributed by atoms with van der Waals surface area (Å²) in [7, 11) is -3.31. The van der Waals surface area contributed by atoms with Crippen LogP contribution in [0.25, 0.3) is 0 Å². The SMILES string of the molecule is Nc1ccc(F)c(F)c1OC1CS(=O)(=O)CC1N. The van der Waals surface area contributed by atoms with Crippen LogP contribution < -0.4 is 16.2 Å². The molecule has 1 aliphatic rings. The Labute approximate surface area is 103 Å². The quantitative estimate of drug-likeness (QED) is 0.745. The van der Waals surface area contributed by atoms with E-state index in [0.717, 1.165) is 12.1 Å². The van der Waals surface area contributed by atoms with Gasteiger partial charge in [0.2, 0.25) is 5.82 Å². The van der Waals surface area contributed by atoms with Crippen molar-refractivity contribution in [2.75, 3.05) is 17.2 Å². The molecule has 2 atom stereocenters. The van der Waals surface area contributed by atoms with Crippen LogP contribution >= 0.6 is 0 Å². The molecule has 1 aromatic carbocycles. The van der Waals surface area contributed by atoms with Crippen LogP contribution in [0.15, 0.2) is 12.1 Å². The highest BCUT2D eigenvalue weighted by atomic mass is 32.2. The van der Waals surface area contributed by atoms with Gasteiger partial charge in [0.25, 0.3) is 0 Å². The van der Waals surface area contributed by atoms with Crippen LogP contribution in [0.4, 0.5) is 14.5 Å². The summed E-state index contributed by atoms with van der Waals surface area (Å²) in [6, 6.07) is 1.23. The van der Waals surface area contributed by atoms with Gasteiger partial charge in [-0.25, -0.2) is 12.8 Å². The number of ether oxygens (including phenoxy) is 1. The second-order valence-electron chi connectivity index (χ2n) is 4.18. The first kappa shape index (κ1) is 13.0. The van der Waals surface area contributed by atoms with Gasteiger partial charge in [-0.15, -0.1) is 0 Å². The molecule has 100 valence electrons. The highest BCUT2D eigenvalue weighted by Crippen LogP contribution is 2.30. The lowest BCUT2D eigenvalue weighted by molar-refractivity contribution is 0.199. The molecular weight excluding hydrogens is 266 g/mol. The fraction of sp³-hybridized carbons (Fsp3) is 0.400. The first-order chi connectivity index (χ1) is 8.30. The van der Waals surface area contributed by atoms with Crippen LogP contribution in [0, 0.1) is 11.6 Å². The van der Waals surface area contributed by atoms with E-state index in [1.165, 1.54) is 0 Å². The van der Waals surface area contributed by atoms with Crippen LogP contribution in [-0.2, 0) is 9.84 Å². The largest absolute Gasteiger partial charge is 0.482 e. The number of rotatable bonds is 2. The number of halogens is 2. The van der Waals surface area contributed by atoms with Crippen molar-refractivity contribution in [3.63, 3.8) is 0 Å². The molecule has 5 nitrogen and oxygen atoms in total. The lowest BCUT2D eigenvalue weighted by atomic mass is 10.2. The summed E-state index contributed by atoms with van der Waals surface area (Å²) in [6.07, 6.45) is -0.923. The summed E-state index contributed by atoms with van der Waals surface area (Å²) in [5, 5.41) is 0.